The Labute approximate surface area is 217 Å². The molecule has 2 rings (SSSR count). The molecule has 0 heterocycles. The summed E-state index contributed by atoms with van der Waals surface area (Å²) in [5.41, 5.74) is 12.8. The Hall–Kier alpha value is -3.31. The zero-order valence-corrected chi connectivity index (χ0v) is 22.1. The largest absolute Gasteiger partial charge is 0.497 e. The van der Waals surface area contributed by atoms with Gasteiger partial charge in [0.05, 0.1) is 12.0 Å². The summed E-state index contributed by atoms with van der Waals surface area (Å²) in [4.78, 5) is 11.6. The van der Waals surface area contributed by atoms with E-state index in [0.717, 1.165) is 0 Å². The van der Waals surface area contributed by atoms with Gasteiger partial charge in [0, 0.05) is 17.9 Å². The van der Waals surface area contributed by atoms with Gasteiger partial charge in [-0.3, -0.25) is 5.32 Å². The van der Waals surface area contributed by atoms with E-state index in [1.807, 2.05) is 13.8 Å². The molecule has 2 aromatic rings. The molecule has 2 atom stereocenters. The van der Waals surface area contributed by atoms with Crippen molar-refractivity contribution >= 4 is 15.9 Å². The van der Waals surface area contributed by atoms with Crippen LogP contribution < -0.4 is 15.8 Å². The number of nitrogens with zero attached hydrogens (tertiary/aromatic N) is 3. The first-order valence-corrected chi connectivity index (χ1v) is 13.2. The number of aliphatic hydroxyl groups is 1. The summed E-state index contributed by atoms with van der Waals surface area (Å²) >= 11 is 0. The van der Waals surface area contributed by atoms with E-state index < -0.39 is 31.9 Å². The van der Waals surface area contributed by atoms with Crippen molar-refractivity contribution in [3.63, 3.8) is 0 Å². The van der Waals surface area contributed by atoms with Crippen molar-refractivity contribution in [2.75, 3.05) is 13.7 Å². The maximum absolute atomic E-state index is 14.0. The molecule has 0 fully saturated rings. The van der Waals surface area contributed by atoms with Crippen molar-refractivity contribution in [3.05, 3.63) is 70.6 Å². The van der Waals surface area contributed by atoms with E-state index in [-0.39, 0.29) is 30.7 Å². The van der Waals surface area contributed by atoms with Crippen molar-refractivity contribution in [1.82, 2.24) is 5.32 Å². The molecular formula is C25H35N5O6S. The lowest BCUT2D eigenvalue weighted by Gasteiger charge is -2.45. The smallest absolute Gasteiger partial charge is 0.406 e. The quantitative estimate of drug-likeness (QED) is 0.0919. The average molecular weight is 534 g/mol. The molecule has 0 saturated carbocycles. The lowest BCUT2D eigenvalue weighted by Crippen LogP contribution is -2.74. The molecule has 5 N–H and O–H groups in total. The van der Waals surface area contributed by atoms with Crippen LogP contribution >= 0.6 is 0 Å². The second-order valence-corrected chi connectivity index (χ2v) is 11.9. The number of hydrogen-bond donors (Lipinski definition) is 4. The zero-order valence-electron chi connectivity index (χ0n) is 21.3. The second-order valence-electron chi connectivity index (χ2n) is 9.75. The van der Waals surface area contributed by atoms with Crippen LogP contribution in [0.4, 0.5) is 4.79 Å². The van der Waals surface area contributed by atoms with Gasteiger partial charge in [-0.05, 0) is 66.5 Å². The van der Waals surface area contributed by atoms with Gasteiger partial charge in [-0.25, -0.2) is 13.2 Å². The third kappa shape index (κ3) is 7.36. The number of methoxy groups -OCH3 is 1. The summed E-state index contributed by atoms with van der Waals surface area (Å²) in [6.07, 6.45) is -0.901. The summed E-state index contributed by atoms with van der Waals surface area (Å²) in [5, 5.41) is 27.4. The highest BCUT2D eigenvalue weighted by Crippen LogP contribution is 2.41. The van der Waals surface area contributed by atoms with Gasteiger partial charge in [-0.2, -0.15) is 0 Å². The van der Waals surface area contributed by atoms with Crippen LogP contribution in [0.3, 0.4) is 0 Å². The van der Waals surface area contributed by atoms with Crippen molar-refractivity contribution in [1.29, 1.82) is 0 Å². The molecule has 0 aliphatic rings. The molecule has 0 radical (unpaired) electrons. The molecule has 0 aromatic heterocycles. The fourth-order valence-electron chi connectivity index (χ4n) is 4.24. The van der Waals surface area contributed by atoms with Crippen LogP contribution in [0.15, 0.2) is 64.6 Å². The predicted molar refractivity (Wildman–Crippen MR) is 140 cm³/mol. The van der Waals surface area contributed by atoms with E-state index in [2.05, 4.69) is 15.3 Å². The van der Waals surface area contributed by atoms with Gasteiger partial charge in [0.25, 0.3) is 0 Å². The summed E-state index contributed by atoms with van der Waals surface area (Å²) < 4.78 is 33.2. The minimum absolute atomic E-state index is 0.185. The normalized spacial score (nSPS) is 15.1. The molecule has 0 unspecified atom stereocenters. The first-order chi connectivity index (χ1) is 17.3. The van der Waals surface area contributed by atoms with Crippen LogP contribution in [0.5, 0.6) is 5.75 Å². The number of rotatable bonds is 14. The number of ether oxygens (including phenoxy) is 1. The van der Waals surface area contributed by atoms with Gasteiger partial charge in [-0.15, -0.1) is 0 Å². The van der Waals surface area contributed by atoms with Crippen LogP contribution in [0.1, 0.15) is 45.1 Å². The van der Waals surface area contributed by atoms with E-state index in [9.17, 15) is 23.4 Å². The fraction of sp³-hybridized carbons (Fsp3) is 0.480. The molecular weight excluding hydrogens is 498 g/mol. The molecule has 202 valence electrons. The highest BCUT2D eigenvalue weighted by molar-refractivity contribution is 7.92. The highest BCUT2D eigenvalue weighted by Gasteiger charge is 2.58. The first kappa shape index (κ1) is 29.9. The van der Waals surface area contributed by atoms with Crippen LogP contribution in [-0.2, 0) is 16.3 Å². The van der Waals surface area contributed by atoms with Crippen molar-refractivity contribution in [3.8, 4) is 5.75 Å². The summed E-state index contributed by atoms with van der Waals surface area (Å²) in [7, 11) is -3.18. The van der Waals surface area contributed by atoms with Gasteiger partial charge in [0.15, 0.2) is 0 Å². The van der Waals surface area contributed by atoms with Crippen molar-refractivity contribution in [2.24, 2.45) is 16.3 Å². The van der Waals surface area contributed by atoms with Crippen molar-refractivity contribution < 1.29 is 28.2 Å². The number of hydrogen-bond acceptors (Lipinski definition) is 7. The van der Waals surface area contributed by atoms with Gasteiger partial charge in [-0.1, -0.05) is 49.3 Å². The van der Waals surface area contributed by atoms with E-state index in [0.29, 0.717) is 24.2 Å². The Morgan fingerprint density at radius 2 is 1.73 bits per heavy atom. The average Bonchev–Trinajstić information content (AvgIpc) is 2.85. The molecule has 1 amide bonds. The Morgan fingerprint density at radius 1 is 1.11 bits per heavy atom. The standard InChI is InChI=1S/C25H35N5O6S/c1-23(2,14-7-17-28-30-27)15-16-25(33,37(34,35)21-12-10-20(36-3)11-13-21)24(26,29-22(31)32)18-19-8-5-4-6-9-19/h4-6,8-13,29,33H,7,14-18,26H2,1-3H3,(H,31,32)/t24-,25+/m0/s1. The van der Waals surface area contributed by atoms with Crippen LogP contribution in [0, 0.1) is 5.41 Å². The van der Waals surface area contributed by atoms with Crippen LogP contribution in [-0.4, -0.2) is 49.0 Å². The Kier molecular flexibility index (Phi) is 9.93. The number of azide groups is 1. The third-order valence-corrected chi connectivity index (χ3v) is 8.83. The maximum atomic E-state index is 14.0. The predicted octanol–water partition coefficient (Wildman–Crippen LogP) is 4.22. The molecule has 12 heteroatoms. The molecule has 0 aliphatic carbocycles. The van der Waals surface area contributed by atoms with E-state index in [1.54, 1.807) is 30.3 Å². The van der Waals surface area contributed by atoms with E-state index >= 15 is 0 Å². The first-order valence-electron chi connectivity index (χ1n) is 11.8. The number of sulfone groups is 1. The van der Waals surface area contributed by atoms with E-state index in [1.165, 1.54) is 31.4 Å². The minimum Gasteiger partial charge on any atom is -0.497 e. The molecule has 2 aromatic carbocycles. The molecule has 0 saturated heterocycles. The zero-order chi connectivity index (χ0) is 27.7. The van der Waals surface area contributed by atoms with Gasteiger partial charge in [0.2, 0.25) is 14.8 Å². The monoisotopic (exact) mass is 533 g/mol. The topological polar surface area (TPSA) is 188 Å². The van der Waals surface area contributed by atoms with Gasteiger partial charge < -0.3 is 20.7 Å². The molecule has 0 bridgehead atoms. The Morgan fingerprint density at radius 3 is 2.27 bits per heavy atom. The Balaban J connectivity index is 2.59. The van der Waals surface area contributed by atoms with Crippen LogP contribution in [0.2, 0.25) is 0 Å². The number of benzene rings is 2. The second kappa shape index (κ2) is 12.3. The molecule has 0 aliphatic heterocycles. The number of nitrogens with one attached hydrogen (secondary N) is 1. The lowest BCUT2D eigenvalue weighted by molar-refractivity contribution is 0.00515. The maximum Gasteiger partial charge on any atom is 0.406 e. The number of amides is 1. The molecule has 0 spiro atoms. The van der Waals surface area contributed by atoms with E-state index in [4.69, 9.17) is 16.0 Å². The van der Waals surface area contributed by atoms with Gasteiger partial charge >= 0.3 is 6.09 Å². The lowest BCUT2D eigenvalue weighted by atomic mass is 9.80. The summed E-state index contributed by atoms with van der Waals surface area (Å²) in [6.45, 7) is 4.07. The number of nitrogens with two attached hydrogens (primary N) is 1. The number of carboxylic acid groups (broad SMARTS) is 1. The van der Waals surface area contributed by atoms with Crippen LogP contribution in [0.25, 0.3) is 10.4 Å². The third-order valence-electron chi connectivity index (χ3n) is 6.48. The summed E-state index contributed by atoms with van der Waals surface area (Å²) in [6, 6.07) is 14.0. The van der Waals surface area contributed by atoms with Crippen molar-refractivity contribution in [2.45, 2.75) is 61.4 Å². The molecule has 37 heavy (non-hydrogen) atoms. The summed E-state index contributed by atoms with van der Waals surface area (Å²) in [5.74, 6) is 0.413. The number of carbonyl (C=O) groups is 1. The highest BCUT2D eigenvalue weighted by atomic mass is 32.2. The fourth-order valence-corrected chi connectivity index (χ4v) is 6.10. The SMILES string of the molecule is COc1ccc(S(=O)(=O)[C@](O)(CCC(C)(C)CCCN=[N+]=[N-])[C@](N)(Cc2ccccc2)NC(=O)O)cc1. The van der Waals surface area contributed by atoms with Gasteiger partial charge in [0.1, 0.15) is 11.4 Å². The Bertz CT molecular complexity index is 1200. The molecule has 11 nitrogen and oxygen atoms in total. The minimum atomic E-state index is -4.62.